The molecule has 0 amide bonds. The monoisotopic (exact) mass is 724 g/mol. The van der Waals surface area contributed by atoms with Gasteiger partial charge in [0, 0.05) is 19.8 Å². The Balaban J connectivity index is 1.88. The van der Waals surface area contributed by atoms with E-state index >= 15 is 0 Å². The van der Waals surface area contributed by atoms with Crippen molar-refractivity contribution in [3.63, 3.8) is 0 Å². The van der Waals surface area contributed by atoms with E-state index in [1.807, 2.05) is 0 Å². The smallest absolute Gasteiger partial charge is 0.186 e. The summed E-state index contributed by atoms with van der Waals surface area (Å²) in [6, 6.07) is 0. The molecule has 0 saturated carbocycles. The summed E-state index contributed by atoms with van der Waals surface area (Å²) in [5, 5.41) is 71.5. The quantitative estimate of drug-likeness (QED) is 0.0642. The molecule has 0 bridgehead atoms. The van der Waals surface area contributed by atoms with E-state index in [0.29, 0.717) is 43.5 Å². The number of rotatable bonds is 26. The molecule has 10 unspecified atom stereocenters. The van der Waals surface area contributed by atoms with Crippen LogP contribution in [0.15, 0.2) is 0 Å². The van der Waals surface area contributed by atoms with Crippen LogP contribution < -0.4 is 0 Å². The summed E-state index contributed by atoms with van der Waals surface area (Å²) >= 11 is 0. The third-order valence-electron chi connectivity index (χ3n) is 9.91. The van der Waals surface area contributed by atoms with Crippen molar-refractivity contribution in [1.29, 1.82) is 0 Å². The number of aliphatic hydroxyl groups is 7. The van der Waals surface area contributed by atoms with Crippen molar-refractivity contribution in [1.82, 2.24) is 0 Å². The van der Waals surface area contributed by atoms with Crippen molar-refractivity contribution in [3.05, 3.63) is 0 Å². The van der Waals surface area contributed by atoms with Crippen LogP contribution in [-0.2, 0) is 28.4 Å². The summed E-state index contributed by atoms with van der Waals surface area (Å²) < 4.78 is 35.1. The molecule has 13 heteroatoms. The average Bonchev–Trinajstić information content (AvgIpc) is 3.06. The predicted octanol–water partition coefficient (Wildman–Crippen LogP) is 2.17. The van der Waals surface area contributed by atoms with E-state index in [4.69, 9.17) is 28.4 Å². The molecule has 298 valence electrons. The van der Waals surface area contributed by atoms with Crippen molar-refractivity contribution < 1.29 is 64.2 Å². The largest absolute Gasteiger partial charge is 0.394 e. The summed E-state index contributed by atoms with van der Waals surface area (Å²) in [5.41, 5.74) is 0. The third-order valence-corrected chi connectivity index (χ3v) is 9.91. The summed E-state index contributed by atoms with van der Waals surface area (Å²) in [6.07, 6.45) is -4.34. The Morgan fingerprint density at radius 2 is 1.10 bits per heavy atom. The summed E-state index contributed by atoms with van der Waals surface area (Å²) in [7, 11) is 0. The third kappa shape index (κ3) is 16.7. The van der Waals surface area contributed by atoms with Gasteiger partial charge in [0.2, 0.25) is 0 Å². The second kappa shape index (κ2) is 24.7. The maximum Gasteiger partial charge on any atom is 0.186 e. The van der Waals surface area contributed by atoms with E-state index in [0.717, 1.165) is 19.3 Å². The highest BCUT2D eigenvalue weighted by molar-refractivity contribution is 4.92. The SMILES string of the molecule is CC(C)CCC[C@H](C)CCOC[C@H](COC1OC(CCOCC2OC(CO)C(O)C(O)C2O)C(O)C(O)C1O)OCC[C@@H](C)CCCC(C)C. The highest BCUT2D eigenvalue weighted by Gasteiger charge is 2.45. The molecule has 2 aliphatic rings. The van der Waals surface area contributed by atoms with Crippen LogP contribution in [0.1, 0.15) is 99.3 Å². The summed E-state index contributed by atoms with van der Waals surface area (Å²) in [6.45, 7) is 14.3. The highest BCUT2D eigenvalue weighted by atomic mass is 16.7. The molecule has 2 saturated heterocycles. The standard InChI is InChI=1S/C37H72O13/c1-23(2)9-7-11-25(5)13-16-45-20-27(47-18-14-26(6)12-8-10-24(3)4)21-48-37-36(44)35(43)31(39)28(50-37)15-17-46-22-30-33(41)34(42)32(40)29(19-38)49-30/h23-44H,7-22H2,1-6H3/t25-,26-,27+,28?,29?,30?,31?,32?,33?,34?,35?,36?,37?/m0/s1. The van der Waals surface area contributed by atoms with Gasteiger partial charge in [-0.15, -0.1) is 0 Å². The molecular formula is C37H72O13. The highest BCUT2D eigenvalue weighted by Crippen LogP contribution is 2.26. The van der Waals surface area contributed by atoms with Gasteiger partial charge in [-0.25, -0.2) is 0 Å². The van der Waals surface area contributed by atoms with Gasteiger partial charge in [-0.2, -0.15) is 0 Å². The van der Waals surface area contributed by atoms with Gasteiger partial charge in [0.1, 0.15) is 54.9 Å². The van der Waals surface area contributed by atoms with Gasteiger partial charge >= 0.3 is 0 Å². The molecule has 50 heavy (non-hydrogen) atoms. The van der Waals surface area contributed by atoms with E-state index in [1.165, 1.54) is 32.1 Å². The van der Waals surface area contributed by atoms with Crippen molar-refractivity contribution >= 4 is 0 Å². The maximum absolute atomic E-state index is 10.7. The first-order chi connectivity index (χ1) is 23.7. The molecule has 0 spiro atoms. The van der Waals surface area contributed by atoms with E-state index in [1.54, 1.807) is 0 Å². The average molecular weight is 725 g/mol. The minimum absolute atomic E-state index is 0.0110. The summed E-state index contributed by atoms with van der Waals surface area (Å²) in [4.78, 5) is 0. The molecule has 0 radical (unpaired) electrons. The van der Waals surface area contributed by atoms with Crippen LogP contribution in [-0.4, -0.2) is 149 Å². The van der Waals surface area contributed by atoms with E-state index < -0.39 is 73.9 Å². The van der Waals surface area contributed by atoms with Gasteiger partial charge in [0.15, 0.2) is 6.29 Å². The fourth-order valence-electron chi connectivity index (χ4n) is 6.33. The summed E-state index contributed by atoms with van der Waals surface area (Å²) in [5.74, 6) is 2.48. The van der Waals surface area contributed by atoms with Crippen LogP contribution in [0, 0.1) is 23.7 Å². The lowest BCUT2D eigenvalue weighted by molar-refractivity contribution is -0.304. The van der Waals surface area contributed by atoms with Crippen molar-refractivity contribution in [3.8, 4) is 0 Å². The van der Waals surface area contributed by atoms with Crippen LogP contribution in [0.5, 0.6) is 0 Å². The Kier molecular flexibility index (Phi) is 22.6. The van der Waals surface area contributed by atoms with Crippen molar-refractivity contribution in [2.45, 2.75) is 167 Å². The molecule has 7 N–H and O–H groups in total. The molecule has 2 rings (SSSR count). The zero-order chi connectivity index (χ0) is 37.2. The first-order valence-electron chi connectivity index (χ1n) is 19.1. The molecule has 13 nitrogen and oxygen atoms in total. The Labute approximate surface area is 300 Å². The Morgan fingerprint density at radius 3 is 1.70 bits per heavy atom. The van der Waals surface area contributed by atoms with Gasteiger partial charge < -0.3 is 64.2 Å². The molecule has 2 heterocycles. The maximum atomic E-state index is 10.7. The first-order valence-corrected chi connectivity index (χ1v) is 19.1. The topological polar surface area (TPSA) is 197 Å². The normalized spacial score (nSPS) is 32.5. The van der Waals surface area contributed by atoms with Gasteiger partial charge in [0.25, 0.3) is 0 Å². The lowest BCUT2D eigenvalue weighted by atomic mass is 9.95. The minimum Gasteiger partial charge on any atom is -0.394 e. The minimum atomic E-state index is -1.52. The second-order valence-corrected chi connectivity index (χ2v) is 15.6. The predicted molar refractivity (Wildman–Crippen MR) is 187 cm³/mol. The van der Waals surface area contributed by atoms with Crippen molar-refractivity contribution in [2.75, 3.05) is 46.2 Å². The van der Waals surface area contributed by atoms with Gasteiger partial charge in [-0.1, -0.05) is 80.1 Å². The fourth-order valence-corrected chi connectivity index (χ4v) is 6.33. The van der Waals surface area contributed by atoms with E-state index in [9.17, 15) is 35.7 Å². The molecule has 2 fully saturated rings. The van der Waals surface area contributed by atoms with Gasteiger partial charge in [-0.05, 0) is 42.9 Å². The lowest BCUT2D eigenvalue weighted by Crippen LogP contribution is -2.59. The van der Waals surface area contributed by atoms with Gasteiger partial charge in [0.05, 0.1) is 32.5 Å². The number of hydrogen-bond acceptors (Lipinski definition) is 13. The zero-order valence-electron chi connectivity index (χ0n) is 31.6. The number of ether oxygens (including phenoxy) is 6. The Bertz CT molecular complexity index is 848. The molecule has 2 aliphatic heterocycles. The van der Waals surface area contributed by atoms with Gasteiger partial charge in [-0.3, -0.25) is 0 Å². The molecule has 0 aromatic carbocycles. The first kappa shape index (κ1) is 45.6. The molecule has 0 aromatic rings. The molecule has 0 aliphatic carbocycles. The number of aliphatic hydroxyl groups excluding tert-OH is 7. The van der Waals surface area contributed by atoms with Crippen LogP contribution >= 0.6 is 0 Å². The zero-order valence-corrected chi connectivity index (χ0v) is 31.6. The Morgan fingerprint density at radius 1 is 0.540 bits per heavy atom. The van der Waals surface area contributed by atoms with Crippen molar-refractivity contribution in [2.24, 2.45) is 23.7 Å². The second-order valence-electron chi connectivity index (χ2n) is 15.6. The van der Waals surface area contributed by atoms with Crippen LogP contribution in [0.4, 0.5) is 0 Å². The Hall–Kier alpha value is -0.520. The van der Waals surface area contributed by atoms with Crippen LogP contribution in [0.2, 0.25) is 0 Å². The molecule has 13 atom stereocenters. The number of hydrogen-bond donors (Lipinski definition) is 7. The van der Waals surface area contributed by atoms with Crippen LogP contribution in [0.25, 0.3) is 0 Å². The van der Waals surface area contributed by atoms with E-state index in [-0.39, 0.29) is 26.2 Å². The molecule has 0 aromatic heterocycles. The van der Waals surface area contributed by atoms with E-state index in [2.05, 4.69) is 41.5 Å². The van der Waals surface area contributed by atoms with Crippen LogP contribution in [0.3, 0.4) is 0 Å². The lowest BCUT2D eigenvalue weighted by Gasteiger charge is -2.41. The fraction of sp³-hybridized carbons (Fsp3) is 1.00. The molecular weight excluding hydrogens is 652 g/mol.